The smallest absolute Gasteiger partial charge is 0.309 e. The van der Waals surface area contributed by atoms with Crippen molar-refractivity contribution in [3.8, 4) is 0 Å². The summed E-state index contributed by atoms with van der Waals surface area (Å²) in [5, 5.41) is 0. The molecule has 104 valence electrons. The molecule has 2 unspecified atom stereocenters. The molecule has 0 radical (unpaired) electrons. The van der Waals surface area contributed by atoms with Gasteiger partial charge in [0.15, 0.2) is 5.60 Å². The number of hydrogen-bond donors (Lipinski definition) is 0. The lowest BCUT2D eigenvalue weighted by Crippen LogP contribution is -2.43. The summed E-state index contributed by atoms with van der Waals surface area (Å²) in [5.41, 5.74) is 0.595. The van der Waals surface area contributed by atoms with Gasteiger partial charge in [0.25, 0.3) is 0 Å². The largest absolute Gasteiger partial charge is 0.452 e. The Kier molecular flexibility index (Phi) is 3.95. The molecule has 1 fully saturated rings. The lowest BCUT2D eigenvalue weighted by molar-refractivity contribution is -0.167. The monoisotopic (exact) mass is 261 g/mol. The van der Waals surface area contributed by atoms with Crippen molar-refractivity contribution in [1.82, 2.24) is 4.90 Å². The molecule has 3 heteroatoms. The minimum Gasteiger partial charge on any atom is -0.452 e. The Morgan fingerprint density at radius 1 is 1.37 bits per heavy atom. The van der Waals surface area contributed by atoms with Gasteiger partial charge in [0.2, 0.25) is 0 Å². The topological polar surface area (TPSA) is 29.5 Å². The van der Waals surface area contributed by atoms with Crippen LogP contribution in [0.2, 0.25) is 0 Å². The summed E-state index contributed by atoms with van der Waals surface area (Å²) in [6.07, 6.45) is 0.854. The molecule has 0 saturated carbocycles. The summed E-state index contributed by atoms with van der Waals surface area (Å²) in [7, 11) is 2.08. The second-order valence-corrected chi connectivity index (χ2v) is 5.74. The van der Waals surface area contributed by atoms with Crippen molar-refractivity contribution in [2.45, 2.75) is 38.8 Å². The second-order valence-electron chi connectivity index (χ2n) is 5.74. The molecule has 2 atom stereocenters. The molecule has 0 spiro atoms. The zero-order valence-corrected chi connectivity index (χ0v) is 12.2. The maximum atomic E-state index is 12.1. The molecule has 19 heavy (non-hydrogen) atoms. The van der Waals surface area contributed by atoms with E-state index in [1.54, 1.807) is 0 Å². The SMILES string of the molecule is CC(C)C(=O)OC1(c2ccccc2)CCN(C)C1C. The standard InChI is InChI=1S/C16H23NO2/c1-12(2)15(18)19-16(10-11-17(4)13(16)3)14-8-6-5-7-9-14/h5-9,12-13H,10-11H2,1-4H3. The van der Waals surface area contributed by atoms with Crippen molar-refractivity contribution in [2.75, 3.05) is 13.6 Å². The van der Waals surface area contributed by atoms with E-state index in [-0.39, 0.29) is 17.9 Å². The Bertz CT molecular complexity index is 443. The van der Waals surface area contributed by atoms with Crippen LogP contribution in [0.3, 0.4) is 0 Å². The number of ether oxygens (including phenoxy) is 1. The number of carbonyl (C=O) groups is 1. The number of carbonyl (C=O) groups excluding carboxylic acids is 1. The van der Waals surface area contributed by atoms with Crippen LogP contribution in [0.15, 0.2) is 30.3 Å². The summed E-state index contributed by atoms with van der Waals surface area (Å²) >= 11 is 0. The van der Waals surface area contributed by atoms with Gasteiger partial charge >= 0.3 is 5.97 Å². The van der Waals surface area contributed by atoms with E-state index in [1.807, 2.05) is 32.0 Å². The summed E-state index contributed by atoms with van der Waals surface area (Å²) in [6.45, 7) is 6.84. The minimum atomic E-state index is -0.503. The Balaban J connectivity index is 2.37. The van der Waals surface area contributed by atoms with E-state index in [0.717, 1.165) is 18.5 Å². The van der Waals surface area contributed by atoms with Crippen LogP contribution in [0.4, 0.5) is 0 Å². The van der Waals surface area contributed by atoms with Crippen LogP contribution in [-0.4, -0.2) is 30.5 Å². The lowest BCUT2D eigenvalue weighted by atomic mass is 9.86. The molecule has 1 aliphatic heterocycles. The van der Waals surface area contributed by atoms with Gasteiger partial charge in [-0.2, -0.15) is 0 Å². The van der Waals surface area contributed by atoms with Crippen LogP contribution in [0.1, 0.15) is 32.8 Å². The fourth-order valence-electron chi connectivity index (χ4n) is 2.70. The van der Waals surface area contributed by atoms with Crippen LogP contribution < -0.4 is 0 Å². The van der Waals surface area contributed by atoms with Gasteiger partial charge in [-0.1, -0.05) is 44.2 Å². The molecule has 1 aromatic rings. The predicted molar refractivity (Wildman–Crippen MR) is 75.8 cm³/mol. The van der Waals surface area contributed by atoms with Crippen LogP contribution in [-0.2, 0) is 15.1 Å². The van der Waals surface area contributed by atoms with Gasteiger partial charge in [-0.05, 0) is 19.5 Å². The minimum absolute atomic E-state index is 0.0984. The number of hydrogen-bond acceptors (Lipinski definition) is 3. The van der Waals surface area contributed by atoms with Gasteiger partial charge in [0, 0.05) is 13.0 Å². The van der Waals surface area contributed by atoms with Gasteiger partial charge in [0.1, 0.15) is 0 Å². The van der Waals surface area contributed by atoms with E-state index in [2.05, 4.69) is 31.0 Å². The quantitative estimate of drug-likeness (QED) is 0.784. The fraction of sp³-hybridized carbons (Fsp3) is 0.562. The van der Waals surface area contributed by atoms with E-state index in [1.165, 1.54) is 0 Å². The third-order valence-corrected chi connectivity index (χ3v) is 4.19. The van der Waals surface area contributed by atoms with Crippen molar-refractivity contribution in [3.63, 3.8) is 0 Å². The van der Waals surface area contributed by atoms with Crippen molar-refractivity contribution in [2.24, 2.45) is 5.92 Å². The van der Waals surface area contributed by atoms with Gasteiger partial charge in [-0.3, -0.25) is 9.69 Å². The molecule has 1 saturated heterocycles. The Hall–Kier alpha value is -1.35. The first-order valence-electron chi connectivity index (χ1n) is 6.96. The third kappa shape index (κ3) is 2.52. The molecule has 0 amide bonds. The van der Waals surface area contributed by atoms with Crippen LogP contribution >= 0.6 is 0 Å². The first-order valence-corrected chi connectivity index (χ1v) is 6.96. The normalized spacial score (nSPS) is 27.7. The highest BCUT2D eigenvalue weighted by Gasteiger charge is 2.48. The van der Waals surface area contributed by atoms with Crippen molar-refractivity contribution in [3.05, 3.63) is 35.9 Å². The highest BCUT2D eigenvalue weighted by Crippen LogP contribution is 2.41. The van der Waals surface area contributed by atoms with Gasteiger partial charge in [-0.25, -0.2) is 0 Å². The predicted octanol–water partition coefficient (Wildman–Crippen LogP) is 2.81. The number of likely N-dealkylation sites (tertiary alicyclic amines) is 1. The molecule has 3 nitrogen and oxygen atoms in total. The van der Waals surface area contributed by atoms with E-state index in [0.29, 0.717) is 0 Å². The molecule has 1 aliphatic rings. The van der Waals surface area contributed by atoms with E-state index < -0.39 is 5.60 Å². The van der Waals surface area contributed by atoms with Crippen LogP contribution in [0.25, 0.3) is 0 Å². The van der Waals surface area contributed by atoms with Gasteiger partial charge in [0.05, 0.1) is 12.0 Å². The number of rotatable bonds is 3. The summed E-state index contributed by atoms with van der Waals surface area (Å²) in [4.78, 5) is 14.3. The highest BCUT2D eigenvalue weighted by molar-refractivity contribution is 5.72. The van der Waals surface area contributed by atoms with Crippen LogP contribution in [0.5, 0.6) is 0 Å². The van der Waals surface area contributed by atoms with Crippen molar-refractivity contribution >= 4 is 5.97 Å². The van der Waals surface area contributed by atoms with Gasteiger partial charge in [-0.15, -0.1) is 0 Å². The lowest BCUT2D eigenvalue weighted by Gasteiger charge is -2.35. The van der Waals surface area contributed by atoms with E-state index >= 15 is 0 Å². The van der Waals surface area contributed by atoms with E-state index in [9.17, 15) is 4.79 Å². The molecular formula is C16H23NO2. The van der Waals surface area contributed by atoms with Crippen LogP contribution in [0, 0.1) is 5.92 Å². The zero-order chi connectivity index (χ0) is 14.0. The first kappa shape index (κ1) is 14.1. The number of nitrogens with zero attached hydrogens (tertiary/aromatic N) is 1. The Morgan fingerprint density at radius 3 is 2.47 bits per heavy atom. The maximum Gasteiger partial charge on any atom is 0.309 e. The zero-order valence-electron chi connectivity index (χ0n) is 12.2. The summed E-state index contributed by atoms with van der Waals surface area (Å²) in [5.74, 6) is -0.218. The molecule has 2 rings (SSSR count). The number of benzene rings is 1. The molecule has 1 heterocycles. The fourth-order valence-corrected chi connectivity index (χ4v) is 2.70. The molecule has 0 bridgehead atoms. The maximum absolute atomic E-state index is 12.1. The summed E-state index contributed by atoms with van der Waals surface area (Å²) in [6, 6.07) is 10.3. The number of likely N-dealkylation sites (N-methyl/N-ethyl adjacent to an activating group) is 1. The second kappa shape index (κ2) is 5.33. The Morgan fingerprint density at radius 2 is 2.00 bits per heavy atom. The molecule has 0 aromatic heterocycles. The van der Waals surface area contributed by atoms with Crippen molar-refractivity contribution in [1.29, 1.82) is 0 Å². The van der Waals surface area contributed by atoms with E-state index in [4.69, 9.17) is 4.74 Å². The molecule has 0 aliphatic carbocycles. The summed E-state index contributed by atoms with van der Waals surface area (Å²) < 4.78 is 5.95. The average molecular weight is 261 g/mol. The molecule has 1 aromatic carbocycles. The number of esters is 1. The first-order chi connectivity index (χ1) is 8.97. The molecular weight excluding hydrogens is 238 g/mol. The highest BCUT2D eigenvalue weighted by atomic mass is 16.6. The average Bonchev–Trinajstić information content (AvgIpc) is 2.69. The molecule has 0 N–H and O–H groups in total. The van der Waals surface area contributed by atoms with Crippen molar-refractivity contribution < 1.29 is 9.53 Å². The van der Waals surface area contributed by atoms with Gasteiger partial charge < -0.3 is 4.74 Å². The Labute approximate surface area is 115 Å². The third-order valence-electron chi connectivity index (χ3n) is 4.19.